The summed E-state index contributed by atoms with van der Waals surface area (Å²) in [6.45, 7) is 2.27. The molecule has 1 N–H and O–H groups in total. The maximum Gasteiger partial charge on any atom is 0.266 e. The summed E-state index contributed by atoms with van der Waals surface area (Å²) in [6, 6.07) is 15.8. The normalized spacial score (nSPS) is 12.0. The Morgan fingerprint density at radius 1 is 1.05 bits per heavy atom. The zero-order chi connectivity index (χ0) is 28.5. The second-order valence-corrected chi connectivity index (χ2v) is 9.43. The lowest BCUT2D eigenvalue weighted by Gasteiger charge is -2.20. The maximum atomic E-state index is 14.0. The molecular formula is C30H24FN7O3. The molecule has 0 spiro atoms. The molecule has 0 saturated carbocycles. The van der Waals surface area contributed by atoms with Crippen molar-refractivity contribution >= 4 is 27.8 Å². The average molecular weight is 550 g/mol. The van der Waals surface area contributed by atoms with Crippen molar-refractivity contribution in [2.75, 3.05) is 12.4 Å². The van der Waals surface area contributed by atoms with Crippen molar-refractivity contribution < 1.29 is 9.13 Å². The van der Waals surface area contributed by atoms with Gasteiger partial charge in [0.25, 0.3) is 5.56 Å². The Morgan fingerprint density at radius 3 is 2.63 bits per heavy atom. The van der Waals surface area contributed by atoms with Gasteiger partial charge in [-0.25, -0.2) is 19.3 Å². The molecule has 0 aliphatic rings. The summed E-state index contributed by atoms with van der Waals surface area (Å²) in [6.07, 6.45) is 6.20. The van der Waals surface area contributed by atoms with E-state index in [1.54, 1.807) is 38.6 Å². The Kier molecular flexibility index (Phi) is 6.68. The number of rotatable bonds is 7. The van der Waals surface area contributed by atoms with E-state index in [2.05, 4.69) is 20.3 Å². The first-order chi connectivity index (χ1) is 19.9. The molecule has 41 heavy (non-hydrogen) atoms. The third-order valence-corrected chi connectivity index (χ3v) is 6.76. The molecule has 6 aromatic rings. The molecule has 4 heterocycles. The number of fused-ring (bicyclic) bond motifs is 2. The first kappa shape index (κ1) is 25.8. The Hall–Kier alpha value is -5.45. The zero-order valence-electron chi connectivity index (χ0n) is 22.2. The second-order valence-electron chi connectivity index (χ2n) is 9.43. The quantitative estimate of drug-likeness (QED) is 0.314. The fraction of sp³-hybridized carbons (Fsp3) is 0.133. The van der Waals surface area contributed by atoms with Gasteiger partial charge in [-0.2, -0.15) is 0 Å². The summed E-state index contributed by atoms with van der Waals surface area (Å²) in [5.74, 6) is 0.844. The van der Waals surface area contributed by atoms with Gasteiger partial charge in [0.05, 0.1) is 35.9 Å². The van der Waals surface area contributed by atoms with Crippen molar-refractivity contribution in [3.05, 3.63) is 123 Å². The molecule has 6 rings (SSSR count). The molecule has 0 saturated heterocycles. The largest absolute Gasteiger partial charge is 0.497 e. The van der Waals surface area contributed by atoms with Gasteiger partial charge in [-0.05, 0) is 55.0 Å². The van der Waals surface area contributed by atoms with Crippen LogP contribution in [0, 0.1) is 5.82 Å². The van der Waals surface area contributed by atoms with Crippen LogP contribution in [0.2, 0.25) is 0 Å². The Labute approximate surface area is 232 Å². The molecule has 2 aromatic carbocycles. The number of halogens is 1. The number of nitrogens with zero attached hydrogens (tertiary/aromatic N) is 6. The van der Waals surface area contributed by atoms with Gasteiger partial charge in [0.2, 0.25) is 0 Å². The summed E-state index contributed by atoms with van der Waals surface area (Å²) >= 11 is 0. The van der Waals surface area contributed by atoms with Crippen LogP contribution in [0.25, 0.3) is 27.6 Å². The molecule has 0 aliphatic carbocycles. The van der Waals surface area contributed by atoms with E-state index < -0.39 is 17.4 Å². The molecule has 0 radical (unpaired) electrons. The predicted octanol–water partition coefficient (Wildman–Crippen LogP) is 4.25. The van der Waals surface area contributed by atoms with Crippen LogP contribution in [0.3, 0.4) is 0 Å². The second kappa shape index (κ2) is 10.6. The van der Waals surface area contributed by atoms with Crippen molar-refractivity contribution in [1.29, 1.82) is 0 Å². The van der Waals surface area contributed by atoms with Gasteiger partial charge in [0, 0.05) is 25.0 Å². The smallest absolute Gasteiger partial charge is 0.266 e. The number of anilines is 1. The van der Waals surface area contributed by atoms with Crippen LogP contribution < -0.4 is 21.0 Å². The number of aromatic nitrogens is 6. The number of hydrogen-bond acceptors (Lipinski definition) is 8. The van der Waals surface area contributed by atoms with E-state index >= 15 is 0 Å². The first-order valence-electron chi connectivity index (χ1n) is 12.8. The molecule has 10 nitrogen and oxygen atoms in total. The number of ether oxygens (including phenoxy) is 1. The number of hydrogen-bond donors (Lipinski definition) is 1. The van der Waals surface area contributed by atoms with Gasteiger partial charge in [-0.1, -0.05) is 12.1 Å². The molecule has 1 atom stereocenters. The predicted molar refractivity (Wildman–Crippen MR) is 153 cm³/mol. The maximum absolute atomic E-state index is 14.0. The molecule has 11 heteroatoms. The van der Waals surface area contributed by atoms with E-state index in [-0.39, 0.29) is 10.8 Å². The average Bonchev–Trinajstić information content (AvgIpc) is 2.99. The molecule has 4 aromatic heterocycles. The van der Waals surface area contributed by atoms with Crippen LogP contribution in [0.15, 0.2) is 95.2 Å². The van der Waals surface area contributed by atoms with E-state index in [0.29, 0.717) is 40.4 Å². The van der Waals surface area contributed by atoms with Crippen molar-refractivity contribution in [3.63, 3.8) is 0 Å². The van der Waals surface area contributed by atoms with Crippen LogP contribution in [0.5, 0.6) is 5.75 Å². The monoisotopic (exact) mass is 549 g/mol. The molecule has 0 bridgehead atoms. The minimum absolute atomic E-state index is 0.138. The van der Waals surface area contributed by atoms with E-state index in [9.17, 15) is 14.0 Å². The summed E-state index contributed by atoms with van der Waals surface area (Å²) in [5.41, 5.74) is 1.55. The van der Waals surface area contributed by atoms with Crippen molar-refractivity contribution in [1.82, 2.24) is 29.1 Å². The van der Waals surface area contributed by atoms with Crippen molar-refractivity contribution in [2.45, 2.75) is 19.5 Å². The molecule has 0 amide bonds. The third kappa shape index (κ3) is 4.89. The highest BCUT2D eigenvalue weighted by molar-refractivity contribution is 5.86. The molecular weight excluding hydrogens is 525 g/mol. The Bertz CT molecular complexity index is 2010. The minimum Gasteiger partial charge on any atom is -0.497 e. The van der Waals surface area contributed by atoms with Crippen LogP contribution >= 0.6 is 0 Å². The highest BCUT2D eigenvalue weighted by Crippen LogP contribution is 2.24. The number of nitrogens with one attached hydrogen (secondary N) is 1. The minimum atomic E-state index is -0.606. The van der Waals surface area contributed by atoms with E-state index in [0.717, 1.165) is 11.3 Å². The summed E-state index contributed by atoms with van der Waals surface area (Å²) < 4.78 is 22.5. The highest BCUT2D eigenvalue weighted by atomic mass is 19.1. The fourth-order valence-electron chi connectivity index (χ4n) is 4.77. The van der Waals surface area contributed by atoms with Gasteiger partial charge >= 0.3 is 0 Å². The standard InChI is InChI=1S/C30H24FN7O3/c1-18(28-36-24-10-7-20(31)14-23(24)30(40)38(28)21-4-3-12-32-15-21)35-27-26-25(39)11-13-37(29(26)34-17-33-27)16-19-5-8-22(41-2)9-6-19/h3-15,17-18H,16H2,1-2H3,(H,33,34,35)/t18-/m0/s1. The topological polar surface area (TPSA) is 117 Å². The summed E-state index contributed by atoms with van der Waals surface area (Å²) in [4.78, 5) is 44.3. The van der Waals surface area contributed by atoms with Gasteiger partial charge in [0.15, 0.2) is 5.43 Å². The van der Waals surface area contributed by atoms with Crippen LogP contribution in [-0.4, -0.2) is 36.2 Å². The van der Waals surface area contributed by atoms with Crippen molar-refractivity contribution in [2.24, 2.45) is 0 Å². The van der Waals surface area contributed by atoms with Gasteiger partial charge < -0.3 is 14.6 Å². The van der Waals surface area contributed by atoms with Gasteiger partial charge in [-0.15, -0.1) is 0 Å². The van der Waals surface area contributed by atoms with Gasteiger partial charge in [0.1, 0.15) is 40.6 Å². The Balaban J connectivity index is 1.44. The number of pyridine rings is 2. The highest BCUT2D eigenvalue weighted by Gasteiger charge is 2.21. The lowest BCUT2D eigenvalue weighted by Crippen LogP contribution is -2.28. The molecule has 0 unspecified atom stereocenters. The molecule has 0 aliphatic heterocycles. The summed E-state index contributed by atoms with van der Waals surface area (Å²) in [7, 11) is 1.61. The van der Waals surface area contributed by atoms with E-state index in [1.807, 2.05) is 28.8 Å². The lowest BCUT2D eigenvalue weighted by atomic mass is 10.2. The lowest BCUT2D eigenvalue weighted by molar-refractivity contribution is 0.414. The Morgan fingerprint density at radius 2 is 1.88 bits per heavy atom. The molecule has 0 fully saturated rings. The van der Waals surface area contributed by atoms with Gasteiger partial charge in [-0.3, -0.25) is 19.1 Å². The van der Waals surface area contributed by atoms with Crippen LogP contribution in [0.1, 0.15) is 24.4 Å². The third-order valence-electron chi connectivity index (χ3n) is 6.76. The number of methoxy groups -OCH3 is 1. The van der Waals surface area contributed by atoms with E-state index in [1.165, 1.54) is 41.4 Å². The zero-order valence-corrected chi connectivity index (χ0v) is 22.2. The van der Waals surface area contributed by atoms with Crippen LogP contribution in [0.4, 0.5) is 10.2 Å². The SMILES string of the molecule is COc1ccc(Cn2ccc(=O)c3c(N[C@@H](C)c4nc5ccc(F)cc5c(=O)n4-c4cccnc4)ncnc32)cc1. The first-order valence-corrected chi connectivity index (χ1v) is 12.8. The summed E-state index contributed by atoms with van der Waals surface area (Å²) in [5, 5.41) is 3.70. The van der Waals surface area contributed by atoms with Crippen molar-refractivity contribution in [3.8, 4) is 11.4 Å². The van der Waals surface area contributed by atoms with E-state index in [4.69, 9.17) is 9.72 Å². The fourth-order valence-corrected chi connectivity index (χ4v) is 4.77. The number of benzene rings is 2. The van der Waals surface area contributed by atoms with Crippen LogP contribution in [-0.2, 0) is 6.54 Å². The molecule has 204 valence electrons.